The van der Waals surface area contributed by atoms with Crippen LogP contribution in [0.2, 0.25) is 5.15 Å². The minimum atomic E-state index is 0.246. The second-order valence-electron chi connectivity index (χ2n) is 2.94. The summed E-state index contributed by atoms with van der Waals surface area (Å²) in [6.45, 7) is 2.18. The lowest BCUT2D eigenvalue weighted by Gasteiger charge is -2.01. The Balaban J connectivity index is 2.42. The minimum absolute atomic E-state index is 0.246. The van der Waals surface area contributed by atoms with Gasteiger partial charge in [-0.3, -0.25) is 0 Å². The highest BCUT2D eigenvalue weighted by atomic mass is 35.5. The first kappa shape index (κ1) is 11.6. The summed E-state index contributed by atoms with van der Waals surface area (Å²) in [6, 6.07) is 1.74. The zero-order valence-corrected chi connectivity index (χ0v) is 9.74. The molecule has 1 aromatic heterocycles. The Morgan fingerprint density at radius 1 is 1.43 bits per heavy atom. The molecule has 0 spiro atoms. The number of unbranched alkanes of at least 4 members (excludes halogenated alkanes) is 2. The average Bonchev–Trinajstić information content (AvgIpc) is 2.11. The van der Waals surface area contributed by atoms with Gasteiger partial charge < -0.3 is 5.73 Å². The van der Waals surface area contributed by atoms with Crippen LogP contribution in [0.1, 0.15) is 26.2 Å². The van der Waals surface area contributed by atoms with Crippen LogP contribution in [0.4, 0.5) is 5.95 Å². The number of nitrogens with zero attached hydrogens (tertiary/aromatic N) is 2. The highest BCUT2D eigenvalue weighted by Crippen LogP contribution is 2.20. The molecule has 0 saturated carbocycles. The molecule has 14 heavy (non-hydrogen) atoms. The normalized spacial score (nSPS) is 10.4. The standard InChI is InChI=1S/C9H14ClN3S/c1-2-3-4-5-14-8-6-7(10)12-9(11)13-8/h6H,2-5H2,1H3,(H2,11,12,13). The van der Waals surface area contributed by atoms with Gasteiger partial charge in [0.05, 0.1) is 0 Å². The van der Waals surface area contributed by atoms with Crippen molar-refractivity contribution in [3.05, 3.63) is 11.2 Å². The predicted octanol–water partition coefficient (Wildman–Crippen LogP) is 2.99. The van der Waals surface area contributed by atoms with E-state index in [0.29, 0.717) is 5.15 Å². The van der Waals surface area contributed by atoms with Gasteiger partial charge in [-0.1, -0.05) is 31.4 Å². The van der Waals surface area contributed by atoms with Gasteiger partial charge in [0.25, 0.3) is 0 Å². The Bertz CT molecular complexity index is 273. The molecule has 1 aromatic rings. The van der Waals surface area contributed by atoms with Crippen LogP contribution in [0.15, 0.2) is 11.1 Å². The van der Waals surface area contributed by atoms with Gasteiger partial charge in [0.15, 0.2) is 0 Å². The molecule has 0 bridgehead atoms. The van der Waals surface area contributed by atoms with Crippen molar-refractivity contribution in [1.29, 1.82) is 0 Å². The fraction of sp³-hybridized carbons (Fsp3) is 0.556. The van der Waals surface area contributed by atoms with E-state index in [0.717, 1.165) is 10.8 Å². The van der Waals surface area contributed by atoms with Gasteiger partial charge in [-0.15, -0.1) is 11.8 Å². The number of hydrogen-bond acceptors (Lipinski definition) is 4. The number of nitrogens with two attached hydrogens (primary N) is 1. The summed E-state index contributed by atoms with van der Waals surface area (Å²) >= 11 is 7.42. The molecule has 0 radical (unpaired) electrons. The summed E-state index contributed by atoms with van der Waals surface area (Å²) in [7, 11) is 0. The molecule has 3 nitrogen and oxygen atoms in total. The van der Waals surface area contributed by atoms with Gasteiger partial charge >= 0.3 is 0 Å². The van der Waals surface area contributed by atoms with E-state index in [1.807, 2.05) is 0 Å². The Morgan fingerprint density at radius 2 is 2.21 bits per heavy atom. The first-order valence-corrected chi connectivity index (χ1v) is 6.01. The highest BCUT2D eigenvalue weighted by molar-refractivity contribution is 7.99. The fourth-order valence-electron chi connectivity index (χ4n) is 1.02. The molecule has 0 aromatic carbocycles. The predicted molar refractivity (Wildman–Crippen MR) is 61.7 cm³/mol. The number of aromatic nitrogens is 2. The average molecular weight is 232 g/mol. The lowest BCUT2D eigenvalue weighted by Crippen LogP contribution is -1.96. The summed E-state index contributed by atoms with van der Waals surface area (Å²) < 4.78 is 0. The molecule has 0 atom stereocenters. The van der Waals surface area contributed by atoms with Crippen molar-refractivity contribution in [2.24, 2.45) is 0 Å². The number of nitrogen functional groups attached to an aromatic ring is 1. The Kier molecular flexibility index (Phi) is 5.04. The maximum absolute atomic E-state index is 5.75. The number of hydrogen-bond donors (Lipinski definition) is 1. The van der Waals surface area contributed by atoms with Crippen LogP contribution in [0, 0.1) is 0 Å². The summed E-state index contributed by atoms with van der Waals surface area (Å²) in [6.07, 6.45) is 3.68. The molecule has 78 valence electrons. The number of rotatable bonds is 5. The molecule has 5 heteroatoms. The Labute approximate surface area is 93.5 Å². The number of anilines is 1. The zero-order valence-electron chi connectivity index (χ0n) is 8.16. The van der Waals surface area contributed by atoms with Crippen LogP contribution in [0.25, 0.3) is 0 Å². The first-order chi connectivity index (χ1) is 6.72. The molecule has 0 fully saturated rings. The van der Waals surface area contributed by atoms with Gasteiger partial charge in [0, 0.05) is 6.07 Å². The molecular weight excluding hydrogens is 218 g/mol. The van der Waals surface area contributed by atoms with Crippen LogP contribution < -0.4 is 5.73 Å². The van der Waals surface area contributed by atoms with Crippen molar-refractivity contribution in [2.75, 3.05) is 11.5 Å². The smallest absolute Gasteiger partial charge is 0.222 e. The molecule has 1 rings (SSSR count). The van der Waals surface area contributed by atoms with Crippen molar-refractivity contribution in [3.63, 3.8) is 0 Å². The van der Waals surface area contributed by atoms with Crippen molar-refractivity contribution < 1.29 is 0 Å². The largest absolute Gasteiger partial charge is 0.368 e. The van der Waals surface area contributed by atoms with E-state index >= 15 is 0 Å². The molecule has 0 aliphatic rings. The second kappa shape index (κ2) is 6.09. The zero-order chi connectivity index (χ0) is 10.4. The summed E-state index contributed by atoms with van der Waals surface area (Å²) in [5.74, 6) is 1.30. The molecule has 0 aliphatic heterocycles. The maximum Gasteiger partial charge on any atom is 0.222 e. The summed E-state index contributed by atoms with van der Waals surface area (Å²) in [5, 5.41) is 1.27. The third kappa shape index (κ3) is 4.15. The van der Waals surface area contributed by atoms with E-state index in [4.69, 9.17) is 17.3 Å². The fourth-order valence-corrected chi connectivity index (χ4v) is 2.18. The number of halogens is 1. The topological polar surface area (TPSA) is 51.8 Å². The van der Waals surface area contributed by atoms with Gasteiger partial charge in [-0.05, 0) is 12.2 Å². The van der Waals surface area contributed by atoms with E-state index in [9.17, 15) is 0 Å². The monoisotopic (exact) mass is 231 g/mol. The minimum Gasteiger partial charge on any atom is -0.368 e. The van der Waals surface area contributed by atoms with Crippen molar-refractivity contribution in [3.8, 4) is 0 Å². The van der Waals surface area contributed by atoms with Crippen molar-refractivity contribution >= 4 is 29.3 Å². The first-order valence-electron chi connectivity index (χ1n) is 4.65. The van der Waals surface area contributed by atoms with Crippen LogP contribution in [-0.2, 0) is 0 Å². The van der Waals surface area contributed by atoms with Gasteiger partial charge in [0.2, 0.25) is 5.95 Å². The van der Waals surface area contributed by atoms with Crippen molar-refractivity contribution in [1.82, 2.24) is 9.97 Å². The van der Waals surface area contributed by atoms with Crippen LogP contribution in [0.3, 0.4) is 0 Å². The number of thioether (sulfide) groups is 1. The van der Waals surface area contributed by atoms with Crippen LogP contribution >= 0.6 is 23.4 Å². The van der Waals surface area contributed by atoms with E-state index in [2.05, 4.69) is 16.9 Å². The Hall–Kier alpha value is -0.480. The van der Waals surface area contributed by atoms with Crippen molar-refractivity contribution in [2.45, 2.75) is 31.2 Å². The third-order valence-electron chi connectivity index (χ3n) is 1.69. The van der Waals surface area contributed by atoms with Gasteiger partial charge in [0.1, 0.15) is 10.2 Å². The van der Waals surface area contributed by atoms with E-state index in [1.54, 1.807) is 17.8 Å². The summed E-state index contributed by atoms with van der Waals surface area (Å²) in [5.41, 5.74) is 5.47. The molecule has 0 unspecified atom stereocenters. The van der Waals surface area contributed by atoms with E-state index in [1.165, 1.54) is 19.3 Å². The lowest BCUT2D eigenvalue weighted by molar-refractivity contribution is 0.778. The quantitative estimate of drug-likeness (QED) is 0.481. The molecule has 0 amide bonds. The maximum atomic E-state index is 5.75. The lowest BCUT2D eigenvalue weighted by atomic mass is 10.3. The second-order valence-corrected chi connectivity index (χ2v) is 4.45. The highest BCUT2D eigenvalue weighted by Gasteiger charge is 2.00. The van der Waals surface area contributed by atoms with Gasteiger partial charge in [-0.2, -0.15) is 0 Å². The van der Waals surface area contributed by atoms with Crippen LogP contribution in [-0.4, -0.2) is 15.7 Å². The SMILES string of the molecule is CCCCCSc1cc(Cl)nc(N)n1. The molecule has 1 heterocycles. The summed E-state index contributed by atoms with van der Waals surface area (Å²) in [4.78, 5) is 7.87. The third-order valence-corrected chi connectivity index (χ3v) is 2.88. The molecule has 0 aliphatic carbocycles. The molecule has 0 saturated heterocycles. The van der Waals surface area contributed by atoms with E-state index < -0.39 is 0 Å². The van der Waals surface area contributed by atoms with E-state index in [-0.39, 0.29) is 5.95 Å². The van der Waals surface area contributed by atoms with Crippen LogP contribution in [0.5, 0.6) is 0 Å². The Morgan fingerprint density at radius 3 is 2.86 bits per heavy atom. The molecule has 2 N–H and O–H groups in total. The van der Waals surface area contributed by atoms with Gasteiger partial charge in [-0.25, -0.2) is 9.97 Å². The molecular formula is C9H14ClN3S.